The largest absolute Gasteiger partial charge is 0.457 e. The van der Waals surface area contributed by atoms with Gasteiger partial charge in [0.05, 0.1) is 5.56 Å². The lowest BCUT2D eigenvalue weighted by Crippen LogP contribution is -2.34. The van der Waals surface area contributed by atoms with Crippen molar-refractivity contribution >= 4 is 11.8 Å². The van der Waals surface area contributed by atoms with Crippen molar-refractivity contribution in [3.8, 4) is 11.5 Å². The molecule has 31 heavy (non-hydrogen) atoms. The molecule has 3 rings (SSSR count). The second-order valence-corrected chi connectivity index (χ2v) is 6.53. The molecule has 0 aliphatic carbocycles. The van der Waals surface area contributed by atoms with Gasteiger partial charge in [-0.25, -0.2) is 0 Å². The average molecular weight is 428 g/mol. The Balaban J connectivity index is 1.54. The molecule has 0 saturated carbocycles. The van der Waals surface area contributed by atoms with Gasteiger partial charge in [-0.05, 0) is 48.5 Å². The van der Waals surface area contributed by atoms with Gasteiger partial charge >= 0.3 is 6.18 Å². The summed E-state index contributed by atoms with van der Waals surface area (Å²) >= 11 is 0. The first-order chi connectivity index (χ1) is 14.8. The fraction of sp³-hybridized carbons (Fsp3) is 0.130. The molecule has 0 aliphatic rings. The van der Waals surface area contributed by atoms with Crippen molar-refractivity contribution in [3.05, 3.63) is 95.6 Å². The van der Waals surface area contributed by atoms with Gasteiger partial charge in [0.25, 0.3) is 11.8 Å². The Morgan fingerprint density at radius 3 is 1.90 bits per heavy atom. The summed E-state index contributed by atoms with van der Waals surface area (Å²) in [6.45, 7) is 0.440. The van der Waals surface area contributed by atoms with Crippen LogP contribution in [0.1, 0.15) is 26.3 Å². The number of hydrogen-bond acceptors (Lipinski definition) is 3. The van der Waals surface area contributed by atoms with Crippen molar-refractivity contribution in [2.45, 2.75) is 6.18 Å². The molecule has 0 heterocycles. The zero-order valence-corrected chi connectivity index (χ0v) is 16.3. The normalized spacial score (nSPS) is 10.9. The first kappa shape index (κ1) is 21.9. The minimum atomic E-state index is -4.48. The molecule has 160 valence electrons. The number of ether oxygens (including phenoxy) is 1. The predicted molar refractivity (Wildman–Crippen MR) is 109 cm³/mol. The maximum Gasteiger partial charge on any atom is 0.416 e. The quantitative estimate of drug-likeness (QED) is 0.538. The highest BCUT2D eigenvalue weighted by molar-refractivity contribution is 5.95. The van der Waals surface area contributed by atoms with Crippen LogP contribution in [0.15, 0.2) is 78.9 Å². The number of hydrogen-bond donors (Lipinski definition) is 2. The van der Waals surface area contributed by atoms with Gasteiger partial charge in [0.1, 0.15) is 11.5 Å². The van der Waals surface area contributed by atoms with Crippen molar-refractivity contribution in [1.82, 2.24) is 10.6 Å². The minimum absolute atomic E-state index is 0.0102. The van der Waals surface area contributed by atoms with Crippen molar-refractivity contribution in [1.29, 1.82) is 0 Å². The molecule has 0 bridgehead atoms. The third-order valence-electron chi connectivity index (χ3n) is 4.23. The third kappa shape index (κ3) is 6.33. The number of rotatable bonds is 7. The van der Waals surface area contributed by atoms with Gasteiger partial charge in [-0.2, -0.15) is 13.2 Å². The zero-order valence-electron chi connectivity index (χ0n) is 16.3. The maximum absolute atomic E-state index is 12.8. The summed E-state index contributed by atoms with van der Waals surface area (Å²) in [6, 6.07) is 19.3. The third-order valence-corrected chi connectivity index (χ3v) is 4.23. The second-order valence-electron chi connectivity index (χ2n) is 6.53. The maximum atomic E-state index is 12.8. The number of carbonyl (C=O) groups is 2. The highest BCUT2D eigenvalue weighted by Crippen LogP contribution is 2.32. The van der Waals surface area contributed by atoms with Crippen LogP contribution in [0.5, 0.6) is 11.5 Å². The van der Waals surface area contributed by atoms with E-state index < -0.39 is 17.6 Å². The molecule has 0 spiro atoms. The van der Waals surface area contributed by atoms with Gasteiger partial charge in [-0.1, -0.05) is 30.3 Å². The van der Waals surface area contributed by atoms with Gasteiger partial charge < -0.3 is 15.4 Å². The average Bonchev–Trinajstić information content (AvgIpc) is 2.77. The van der Waals surface area contributed by atoms with E-state index in [4.69, 9.17) is 4.74 Å². The van der Waals surface area contributed by atoms with Gasteiger partial charge in [0, 0.05) is 24.2 Å². The van der Waals surface area contributed by atoms with Crippen LogP contribution < -0.4 is 15.4 Å². The van der Waals surface area contributed by atoms with Crippen LogP contribution in [0, 0.1) is 0 Å². The van der Waals surface area contributed by atoms with E-state index in [0.29, 0.717) is 5.56 Å². The topological polar surface area (TPSA) is 67.4 Å². The Kier molecular flexibility index (Phi) is 6.92. The molecule has 5 nitrogen and oxygen atoms in total. The van der Waals surface area contributed by atoms with Crippen LogP contribution in [-0.4, -0.2) is 24.9 Å². The fourth-order valence-corrected chi connectivity index (χ4v) is 2.72. The van der Waals surface area contributed by atoms with Crippen molar-refractivity contribution in [2.24, 2.45) is 0 Å². The van der Waals surface area contributed by atoms with Crippen molar-refractivity contribution in [2.75, 3.05) is 13.1 Å². The molecule has 8 heteroatoms. The summed E-state index contributed by atoms with van der Waals surface area (Å²) in [5.41, 5.74) is -0.0245. The Hall–Kier alpha value is -3.81. The van der Waals surface area contributed by atoms with Crippen LogP contribution in [-0.2, 0) is 6.18 Å². The van der Waals surface area contributed by atoms with Gasteiger partial charge in [0.15, 0.2) is 0 Å². The standard InChI is InChI=1S/C23H19F3N2O3/c24-23(25,26)18-9-5-11-20(15-18)31-19-10-4-8-17(14-19)22(30)28-13-12-27-21(29)16-6-2-1-3-7-16/h1-11,14-15H,12-13H2,(H,27,29)(H,28,30). The first-order valence-electron chi connectivity index (χ1n) is 9.39. The van der Waals surface area contributed by atoms with Crippen molar-refractivity contribution in [3.63, 3.8) is 0 Å². The Labute approximate surface area is 176 Å². The minimum Gasteiger partial charge on any atom is -0.457 e. The van der Waals surface area contributed by atoms with E-state index >= 15 is 0 Å². The molecule has 0 aliphatic heterocycles. The molecule has 0 atom stereocenters. The van der Waals surface area contributed by atoms with Crippen LogP contribution in [0.2, 0.25) is 0 Å². The number of carbonyl (C=O) groups excluding carboxylic acids is 2. The van der Waals surface area contributed by atoms with E-state index in [0.717, 1.165) is 12.1 Å². The lowest BCUT2D eigenvalue weighted by atomic mass is 10.2. The van der Waals surface area contributed by atoms with Crippen molar-refractivity contribution < 1.29 is 27.5 Å². The molecule has 3 aromatic carbocycles. The van der Waals surface area contributed by atoms with Crippen LogP contribution >= 0.6 is 0 Å². The van der Waals surface area contributed by atoms with Gasteiger partial charge in [-0.3, -0.25) is 9.59 Å². The predicted octanol–water partition coefficient (Wildman–Crippen LogP) is 4.66. The Morgan fingerprint density at radius 1 is 0.710 bits per heavy atom. The van der Waals surface area contributed by atoms with E-state index in [1.165, 1.54) is 24.3 Å². The van der Waals surface area contributed by atoms with Gasteiger partial charge in [-0.15, -0.1) is 0 Å². The summed E-state index contributed by atoms with van der Waals surface area (Å²) < 4.78 is 44.0. The molecule has 2 amide bonds. The lowest BCUT2D eigenvalue weighted by molar-refractivity contribution is -0.137. The van der Waals surface area contributed by atoms with E-state index in [1.807, 2.05) is 6.07 Å². The SMILES string of the molecule is O=C(NCCNC(=O)c1cccc(Oc2cccc(C(F)(F)F)c2)c1)c1ccccc1. The number of halogens is 3. The number of benzene rings is 3. The molecular weight excluding hydrogens is 409 g/mol. The monoisotopic (exact) mass is 428 g/mol. The summed E-state index contributed by atoms with van der Waals surface area (Å²) in [7, 11) is 0. The smallest absolute Gasteiger partial charge is 0.416 e. The molecule has 0 radical (unpaired) electrons. The summed E-state index contributed by atoms with van der Waals surface area (Å²) in [4.78, 5) is 24.3. The molecule has 0 saturated heterocycles. The zero-order chi connectivity index (χ0) is 22.3. The molecule has 2 N–H and O–H groups in total. The van der Waals surface area contributed by atoms with Gasteiger partial charge in [0.2, 0.25) is 0 Å². The Bertz CT molecular complexity index is 1050. The highest BCUT2D eigenvalue weighted by Gasteiger charge is 2.30. The molecule has 0 fully saturated rings. The molecule has 0 unspecified atom stereocenters. The number of nitrogens with one attached hydrogen (secondary N) is 2. The first-order valence-corrected chi connectivity index (χ1v) is 9.39. The fourth-order valence-electron chi connectivity index (χ4n) is 2.72. The van der Waals surface area contributed by atoms with E-state index in [2.05, 4.69) is 10.6 Å². The lowest BCUT2D eigenvalue weighted by Gasteiger charge is -2.11. The van der Waals surface area contributed by atoms with Crippen LogP contribution in [0.3, 0.4) is 0 Å². The summed E-state index contributed by atoms with van der Waals surface area (Å²) in [5.74, 6) is -0.407. The van der Waals surface area contributed by atoms with Crippen LogP contribution in [0.25, 0.3) is 0 Å². The highest BCUT2D eigenvalue weighted by atomic mass is 19.4. The summed E-state index contributed by atoms with van der Waals surface area (Å²) in [5, 5.41) is 5.36. The second kappa shape index (κ2) is 9.80. The number of alkyl halides is 3. The molecule has 0 aromatic heterocycles. The van der Waals surface area contributed by atoms with Crippen LogP contribution in [0.4, 0.5) is 13.2 Å². The molecular formula is C23H19F3N2O3. The summed E-state index contributed by atoms with van der Waals surface area (Å²) in [6.07, 6.45) is -4.48. The van der Waals surface area contributed by atoms with E-state index in [1.54, 1.807) is 36.4 Å². The number of amides is 2. The molecule has 3 aromatic rings. The van der Waals surface area contributed by atoms with E-state index in [-0.39, 0.29) is 36.1 Å². The Morgan fingerprint density at radius 2 is 1.26 bits per heavy atom. The van der Waals surface area contributed by atoms with E-state index in [9.17, 15) is 22.8 Å².